The summed E-state index contributed by atoms with van der Waals surface area (Å²) in [5.41, 5.74) is 1.07. The number of rotatable bonds is 4. The summed E-state index contributed by atoms with van der Waals surface area (Å²) in [5.74, 6) is 0.875. The van der Waals surface area contributed by atoms with E-state index in [1.165, 1.54) is 0 Å². The maximum atomic E-state index is 10.6. The monoisotopic (exact) mass is 311 g/mol. The van der Waals surface area contributed by atoms with E-state index < -0.39 is 5.97 Å². The molecule has 0 aliphatic carbocycles. The molecule has 21 heavy (non-hydrogen) atoms. The molecule has 3 rings (SSSR count). The molecule has 0 amide bonds. The van der Waals surface area contributed by atoms with Gasteiger partial charge in [-0.25, -0.2) is 0 Å². The van der Waals surface area contributed by atoms with Crippen LogP contribution in [0, 0.1) is 5.92 Å². The van der Waals surface area contributed by atoms with Gasteiger partial charge in [0.05, 0.1) is 24.7 Å². The van der Waals surface area contributed by atoms with E-state index in [9.17, 15) is 4.79 Å². The minimum absolute atomic E-state index is 0.248. The number of likely N-dealkylation sites (tertiary alicyclic amines) is 1. The molecule has 2 aliphatic rings. The zero-order valence-electron chi connectivity index (χ0n) is 11.7. The van der Waals surface area contributed by atoms with Gasteiger partial charge in [0.25, 0.3) is 0 Å². The largest absolute Gasteiger partial charge is 0.489 e. The van der Waals surface area contributed by atoms with Crippen molar-refractivity contribution in [3.8, 4) is 11.5 Å². The first-order valence-electron chi connectivity index (χ1n) is 7.14. The van der Waals surface area contributed by atoms with Gasteiger partial charge in [-0.05, 0) is 23.6 Å². The number of fused-ring (bicyclic) bond motifs is 1. The van der Waals surface area contributed by atoms with Gasteiger partial charge in [0.2, 0.25) is 0 Å². The molecule has 2 aliphatic heterocycles. The first-order chi connectivity index (χ1) is 10.1. The molecule has 0 bridgehead atoms. The Kier molecular flexibility index (Phi) is 4.22. The van der Waals surface area contributed by atoms with Crippen molar-refractivity contribution in [2.75, 3.05) is 26.3 Å². The molecule has 1 aromatic rings. The topological polar surface area (TPSA) is 59.0 Å². The lowest BCUT2D eigenvalue weighted by atomic mass is 9.96. The summed E-state index contributed by atoms with van der Waals surface area (Å²) in [6.07, 6.45) is 1.10. The number of hydrogen-bond donors (Lipinski definition) is 1. The van der Waals surface area contributed by atoms with Crippen molar-refractivity contribution in [3.05, 3.63) is 22.7 Å². The second kappa shape index (κ2) is 6.12. The third kappa shape index (κ3) is 3.41. The molecule has 1 aromatic carbocycles. The summed E-state index contributed by atoms with van der Waals surface area (Å²) < 4.78 is 11.3. The number of benzene rings is 1. The number of halogens is 1. The Labute approximate surface area is 128 Å². The highest BCUT2D eigenvalue weighted by molar-refractivity contribution is 6.32. The summed E-state index contributed by atoms with van der Waals surface area (Å²) in [7, 11) is 0. The van der Waals surface area contributed by atoms with Crippen LogP contribution in [0.3, 0.4) is 0 Å². The van der Waals surface area contributed by atoms with E-state index in [2.05, 4.69) is 4.90 Å². The van der Waals surface area contributed by atoms with Crippen LogP contribution in [0.2, 0.25) is 5.02 Å². The fourth-order valence-corrected chi connectivity index (χ4v) is 3.10. The maximum absolute atomic E-state index is 10.6. The minimum atomic E-state index is -0.724. The van der Waals surface area contributed by atoms with E-state index in [1.807, 2.05) is 12.1 Å². The van der Waals surface area contributed by atoms with Crippen LogP contribution in [0.5, 0.6) is 11.5 Å². The molecule has 0 atom stereocenters. The van der Waals surface area contributed by atoms with Crippen LogP contribution in [-0.4, -0.2) is 42.3 Å². The number of aliphatic carboxylic acids is 1. The van der Waals surface area contributed by atoms with Gasteiger partial charge < -0.3 is 14.6 Å². The molecule has 5 nitrogen and oxygen atoms in total. The van der Waals surface area contributed by atoms with Crippen molar-refractivity contribution in [1.29, 1.82) is 0 Å². The highest BCUT2D eigenvalue weighted by Gasteiger charge is 2.28. The van der Waals surface area contributed by atoms with Crippen molar-refractivity contribution in [1.82, 2.24) is 4.90 Å². The Morgan fingerprint density at radius 2 is 2.10 bits per heavy atom. The lowest BCUT2D eigenvalue weighted by molar-refractivity contribution is -0.139. The fraction of sp³-hybridized carbons (Fsp3) is 0.533. The second-order valence-corrected chi connectivity index (χ2v) is 6.02. The van der Waals surface area contributed by atoms with Crippen LogP contribution in [0.1, 0.15) is 18.4 Å². The number of carboxylic acid groups (broad SMARTS) is 1. The zero-order valence-corrected chi connectivity index (χ0v) is 12.4. The quantitative estimate of drug-likeness (QED) is 0.925. The van der Waals surface area contributed by atoms with E-state index >= 15 is 0 Å². The average molecular weight is 312 g/mol. The zero-order chi connectivity index (χ0) is 14.8. The lowest BCUT2D eigenvalue weighted by Gasteiger charge is -2.38. The number of nitrogens with zero attached hydrogens (tertiary/aromatic N) is 1. The molecule has 2 heterocycles. The van der Waals surface area contributed by atoms with E-state index in [-0.39, 0.29) is 12.3 Å². The molecule has 0 saturated carbocycles. The highest BCUT2D eigenvalue weighted by Crippen LogP contribution is 2.38. The van der Waals surface area contributed by atoms with Gasteiger partial charge in [-0.2, -0.15) is 0 Å². The number of ether oxygens (including phenoxy) is 2. The average Bonchev–Trinajstić information content (AvgIpc) is 2.61. The molecule has 1 N–H and O–H groups in total. The van der Waals surface area contributed by atoms with Crippen molar-refractivity contribution in [2.45, 2.75) is 19.4 Å². The van der Waals surface area contributed by atoms with E-state index in [0.29, 0.717) is 29.7 Å². The molecule has 1 fully saturated rings. The third-order valence-electron chi connectivity index (χ3n) is 3.76. The predicted molar refractivity (Wildman–Crippen MR) is 78.1 cm³/mol. The van der Waals surface area contributed by atoms with Gasteiger partial charge in [0.15, 0.2) is 11.5 Å². The summed E-state index contributed by atoms with van der Waals surface area (Å²) in [6.45, 7) is 3.65. The van der Waals surface area contributed by atoms with Crippen LogP contribution in [0.4, 0.5) is 0 Å². The Balaban J connectivity index is 1.63. The maximum Gasteiger partial charge on any atom is 0.303 e. The minimum Gasteiger partial charge on any atom is -0.489 e. The van der Waals surface area contributed by atoms with Gasteiger partial charge in [-0.3, -0.25) is 9.69 Å². The van der Waals surface area contributed by atoms with Gasteiger partial charge in [-0.15, -0.1) is 0 Å². The van der Waals surface area contributed by atoms with Crippen molar-refractivity contribution in [2.24, 2.45) is 5.92 Å². The molecule has 0 spiro atoms. The molecular weight excluding hydrogens is 294 g/mol. The van der Waals surface area contributed by atoms with Crippen molar-refractivity contribution >= 4 is 17.6 Å². The van der Waals surface area contributed by atoms with Gasteiger partial charge in [0.1, 0.15) is 0 Å². The molecule has 6 heteroatoms. The van der Waals surface area contributed by atoms with E-state index in [1.54, 1.807) is 0 Å². The summed E-state index contributed by atoms with van der Waals surface area (Å²) in [6, 6.07) is 3.87. The number of carboxylic acids is 1. The van der Waals surface area contributed by atoms with Crippen molar-refractivity contribution in [3.63, 3.8) is 0 Å². The molecule has 114 valence electrons. The third-order valence-corrected chi connectivity index (χ3v) is 4.04. The van der Waals surface area contributed by atoms with Crippen LogP contribution in [0.25, 0.3) is 0 Å². The predicted octanol–water partition coefficient (Wildman–Crippen LogP) is 2.41. The van der Waals surface area contributed by atoms with Crippen LogP contribution in [0.15, 0.2) is 12.1 Å². The summed E-state index contributed by atoms with van der Waals surface area (Å²) in [4.78, 5) is 12.9. The molecule has 0 unspecified atom stereocenters. The summed E-state index contributed by atoms with van der Waals surface area (Å²) in [5, 5.41) is 9.33. The first-order valence-corrected chi connectivity index (χ1v) is 7.52. The van der Waals surface area contributed by atoms with Gasteiger partial charge in [0, 0.05) is 26.1 Å². The van der Waals surface area contributed by atoms with E-state index in [0.717, 1.165) is 31.6 Å². The fourth-order valence-electron chi connectivity index (χ4n) is 2.82. The number of hydrogen-bond acceptors (Lipinski definition) is 4. The van der Waals surface area contributed by atoms with E-state index in [4.69, 9.17) is 26.2 Å². The first kappa shape index (κ1) is 14.5. The smallest absolute Gasteiger partial charge is 0.303 e. The SMILES string of the molecule is O=C(O)CC1CN(Cc2cc(Cl)c3c(c2)OCCCO3)C1. The summed E-state index contributed by atoms with van der Waals surface area (Å²) >= 11 is 6.26. The molecule has 0 radical (unpaired) electrons. The Bertz CT molecular complexity index is 543. The van der Waals surface area contributed by atoms with Crippen LogP contribution >= 0.6 is 11.6 Å². The second-order valence-electron chi connectivity index (χ2n) is 5.61. The highest BCUT2D eigenvalue weighted by atomic mass is 35.5. The Morgan fingerprint density at radius 1 is 1.33 bits per heavy atom. The number of carbonyl (C=O) groups is 1. The Morgan fingerprint density at radius 3 is 2.86 bits per heavy atom. The van der Waals surface area contributed by atoms with Crippen LogP contribution < -0.4 is 9.47 Å². The van der Waals surface area contributed by atoms with Crippen LogP contribution in [-0.2, 0) is 11.3 Å². The standard InChI is InChI=1S/C15H18ClNO4/c16-12-4-10(5-13-15(12)21-3-1-2-20-13)7-17-8-11(9-17)6-14(18)19/h4-5,11H,1-3,6-9H2,(H,18,19). The lowest BCUT2D eigenvalue weighted by Crippen LogP contribution is -2.46. The molecule has 1 saturated heterocycles. The van der Waals surface area contributed by atoms with Gasteiger partial charge >= 0.3 is 5.97 Å². The molecule has 0 aromatic heterocycles. The Hall–Kier alpha value is -1.46. The van der Waals surface area contributed by atoms with Gasteiger partial charge in [-0.1, -0.05) is 11.6 Å². The molecular formula is C15H18ClNO4. The normalized spacial score (nSPS) is 18.9. The van der Waals surface area contributed by atoms with Crippen molar-refractivity contribution < 1.29 is 19.4 Å².